The van der Waals surface area contributed by atoms with Gasteiger partial charge >= 0.3 is 6.03 Å². The number of anilines is 1. The Labute approximate surface area is 154 Å². The number of hydrogen-bond acceptors (Lipinski definition) is 2. The fourth-order valence-corrected chi connectivity index (χ4v) is 3.64. The molecule has 1 N–H and O–H groups in total. The van der Waals surface area contributed by atoms with Crippen molar-refractivity contribution in [1.82, 2.24) is 4.90 Å². The maximum Gasteiger partial charge on any atom is 0.321 e. The SMILES string of the molecule is O=C(c1ccccc1)C1CCN(C(=O)Nc2ccc(C3CC3)cc2)CC1. The van der Waals surface area contributed by atoms with Crippen LogP contribution in [0.25, 0.3) is 0 Å². The van der Waals surface area contributed by atoms with Crippen LogP contribution in [0.3, 0.4) is 0 Å². The van der Waals surface area contributed by atoms with Crippen LogP contribution in [0.15, 0.2) is 54.6 Å². The molecule has 1 saturated carbocycles. The first-order valence-corrected chi connectivity index (χ1v) is 9.46. The van der Waals surface area contributed by atoms with Gasteiger partial charge in [-0.05, 0) is 49.3 Å². The summed E-state index contributed by atoms with van der Waals surface area (Å²) in [4.78, 5) is 26.8. The molecule has 0 unspecified atom stereocenters. The lowest BCUT2D eigenvalue weighted by molar-refractivity contribution is 0.0859. The first-order chi connectivity index (χ1) is 12.7. The van der Waals surface area contributed by atoms with Gasteiger partial charge in [-0.3, -0.25) is 4.79 Å². The van der Waals surface area contributed by atoms with Gasteiger partial charge in [-0.1, -0.05) is 42.5 Å². The van der Waals surface area contributed by atoms with Gasteiger partial charge in [0.05, 0.1) is 0 Å². The predicted octanol–water partition coefficient (Wildman–Crippen LogP) is 4.69. The van der Waals surface area contributed by atoms with E-state index in [-0.39, 0.29) is 17.7 Å². The molecule has 2 amide bonds. The third kappa shape index (κ3) is 3.79. The Balaban J connectivity index is 1.29. The predicted molar refractivity (Wildman–Crippen MR) is 103 cm³/mol. The summed E-state index contributed by atoms with van der Waals surface area (Å²) >= 11 is 0. The maximum atomic E-state index is 12.5. The molecule has 1 aliphatic carbocycles. The molecule has 4 rings (SSSR count). The molecule has 0 bridgehead atoms. The molecule has 0 aromatic heterocycles. The number of carbonyl (C=O) groups is 2. The second-order valence-electron chi connectivity index (χ2n) is 7.32. The third-order valence-corrected chi connectivity index (χ3v) is 5.42. The highest BCUT2D eigenvalue weighted by Gasteiger charge is 2.28. The summed E-state index contributed by atoms with van der Waals surface area (Å²) in [5, 5.41) is 2.98. The summed E-state index contributed by atoms with van der Waals surface area (Å²) in [6.07, 6.45) is 4.01. The van der Waals surface area contributed by atoms with Crippen molar-refractivity contribution in [2.24, 2.45) is 5.92 Å². The van der Waals surface area contributed by atoms with Gasteiger partial charge in [0.1, 0.15) is 0 Å². The third-order valence-electron chi connectivity index (χ3n) is 5.42. The molecule has 26 heavy (non-hydrogen) atoms. The summed E-state index contributed by atoms with van der Waals surface area (Å²) in [6.45, 7) is 1.24. The monoisotopic (exact) mass is 348 g/mol. The number of nitrogens with zero attached hydrogens (tertiary/aromatic N) is 1. The van der Waals surface area contributed by atoms with Crippen LogP contribution in [0, 0.1) is 5.92 Å². The minimum Gasteiger partial charge on any atom is -0.324 e. The fraction of sp³-hybridized carbons (Fsp3) is 0.364. The Morgan fingerprint density at radius 1 is 0.846 bits per heavy atom. The summed E-state index contributed by atoms with van der Waals surface area (Å²) in [5.74, 6) is 0.932. The average molecular weight is 348 g/mol. The summed E-state index contributed by atoms with van der Waals surface area (Å²) in [7, 11) is 0. The number of ketones is 1. The number of nitrogens with one attached hydrogen (secondary N) is 1. The molecule has 1 heterocycles. The number of urea groups is 1. The fourth-order valence-electron chi connectivity index (χ4n) is 3.64. The van der Waals surface area contributed by atoms with E-state index in [2.05, 4.69) is 17.4 Å². The highest BCUT2D eigenvalue weighted by molar-refractivity contribution is 5.98. The van der Waals surface area contributed by atoms with Crippen molar-refractivity contribution < 1.29 is 9.59 Å². The molecule has 134 valence electrons. The Morgan fingerprint density at radius 2 is 1.50 bits per heavy atom. The summed E-state index contributed by atoms with van der Waals surface area (Å²) in [5.41, 5.74) is 2.97. The molecule has 2 aliphatic rings. The van der Waals surface area contributed by atoms with Crippen LogP contribution in [-0.4, -0.2) is 29.8 Å². The molecule has 1 aliphatic heterocycles. The lowest BCUT2D eigenvalue weighted by atomic mass is 9.89. The zero-order chi connectivity index (χ0) is 17.9. The van der Waals surface area contributed by atoms with Crippen LogP contribution < -0.4 is 5.32 Å². The van der Waals surface area contributed by atoms with Crippen LogP contribution in [0.5, 0.6) is 0 Å². The summed E-state index contributed by atoms with van der Waals surface area (Å²) in [6, 6.07) is 17.6. The van der Waals surface area contributed by atoms with E-state index >= 15 is 0 Å². The molecule has 2 aromatic rings. The molecule has 2 fully saturated rings. The Kier molecular flexibility index (Phi) is 4.74. The number of amides is 2. The quantitative estimate of drug-likeness (QED) is 0.815. The van der Waals surface area contributed by atoms with Gasteiger partial charge in [-0.2, -0.15) is 0 Å². The smallest absolute Gasteiger partial charge is 0.321 e. The van der Waals surface area contributed by atoms with Gasteiger partial charge in [-0.15, -0.1) is 0 Å². The van der Waals surface area contributed by atoms with E-state index in [9.17, 15) is 9.59 Å². The second-order valence-corrected chi connectivity index (χ2v) is 7.32. The highest BCUT2D eigenvalue weighted by Crippen LogP contribution is 2.40. The Morgan fingerprint density at radius 3 is 2.12 bits per heavy atom. The lowest BCUT2D eigenvalue weighted by Gasteiger charge is -2.31. The zero-order valence-corrected chi connectivity index (χ0v) is 14.9. The molecule has 4 nitrogen and oxygen atoms in total. The number of rotatable bonds is 4. The lowest BCUT2D eigenvalue weighted by Crippen LogP contribution is -2.42. The van der Waals surface area contributed by atoms with E-state index < -0.39 is 0 Å². The van der Waals surface area contributed by atoms with Crippen LogP contribution in [0.2, 0.25) is 0 Å². The largest absolute Gasteiger partial charge is 0.324 e. The molecule has 0 spiro atoms. The van der Waals surface area contributed by atoms with Crippen LogP contribution in [-0.2, 0) is 0 Å². The molecular weight excluding hydrogens is 324 g/mol. The van der Waals surface area contributed by atoms with Crippen molar-refractivity contribution in [3.63, 3.8) is 0 Å². The molecule has 0 atom stereocenters. The van der Waals surface area contributed by atoms with Gasteiger partial charge < -0.3 is 10.2 Å². The van der Waals surface area contributed by atoms with E-state index in [4.69, 9.17) is 0 Å². The standard InChI is InChI=1S/C22H24N2O2/c25-21(18-4-2-1-3-5-18)19-12-14-24(15-13-19)22(26)23-20-10-8-17(9-11-20)16-6-7-16/h1-5,8-11,16,19H,6-7,12-15H2,(H,23,26). The van der Waals surface area contributed by atoms with Crippen molar-refractivity contribution in [3.8, 4) is 0 Å². The first kappa shape index (κ1) is 16.8. The van der Waals surface area contributed by atoms with Crippen molar-refractivity contribution in [1.29, 1.82) is 0 Å². The molecule has 0 radical (unpaired) electrons. The first-order valence-electron chi connectivity index (χ1n) is 9.46. The number of piperidine rings is 1. The highest BCUT2D eigenvalue weighted by atomic mass is 16.2. The minimum absolute atomic E-state index is 0.0132. The van der Waals surface area contributed by atoms with E-state index in [0.29, 0.717) is 13.1 Å². The topological polar surface area (TPSA) is 49.4 Å². The normalized spacial score (nSPS) is 17.8. The number of hydrogen-bond donors (Lipinski definition) is 1. The van der Waals surface area contributed by atoms with E-state index in [0.717, 1.165) is 30.0 Å². The van der Waals surface area contributed by atoms with Crippen molar-refractivity contribution in [2.45, 2.75) is 31.6 Å². The number of likely N-dealkylation sites (tertiary alicyclic amines) is 1. The van der Waals surface area contributed by atoms with Crippen molar-refractivity contribution in [2.75, 3.05) is 18.4 Å². The number of benzene rings is 2. The van der Waals surface area contributed by atoms with E-state index in [1.807, 2.05) is 47.4 Å². The number of carbonyl (C=O) groups excluding carboxylic acids is 2. The van der Waals surface area contributed by atoms with Gasteiger partial charge in [-0.25, -0.2) is 4.79 Å². The van der Waals surface area contributed by atoms with Crippen LogP contribution in [0.1, 0.15) is 47.5 Å². The van der Waals surface area contributed by atoms with Crippen molar-refractivity contribution in [3.05, 3.63) is 65.7 Å². The second kappa shape index (κ2) is 7.32. The minimum atomic E-state index is -0.0743. The zero-order valence-electron chi connectivity index (χ0n) is 14.9. The van der Waals surface area contributed by atoms with Crippen LogP contribution in [0.4, 0.5) is 10.5 Å². The van der Waals surface area contributed by atoms with Gasteiger partial charge in [0.2, 0.25) is 0 Å². The molecule has 4 heteroatoms. The number of Topliss-reactive ketones (excluding diaryl/α,β-unsaturated/α-hetero) is 1. The van der Waals surface area contributed by atoms with Gasteiger partial charge in [0, 0.05) is 30.3 Å². The summed E-state index contributed by atoms with van der Waals surface area (Å²) < 4.78 is 0. The molecule has 2 aromatic carbocycles. The van der Waals surface area contributed by atoms with E-state index in [1.54, 1.807) is 0 Å². The van der Waals surface area contributed by atoms with Gasteiger partial charge in [0.15, 0.2) is 5.78 Å². The van der Waals surface area contributed by atoms with Gasteiger partial charge in [0.25, 0.3) is 0 Å². The molecular formula is C22H24N2O2. The van der Waals surface area contributed by atoms with Crippen LogP contribution >= 0.6 is 0 Å². The average Bonchev–Trinajstić information content (AvgIpc) is 3.54. The van der Waals surface area contributed by atoms with Crippen molar-refractivity contribution >= 4 is 17.5 Å². The maximum absolute atomic E-state index is 12.5. The van der Waals surface area contributed by atoms with E-state index in [1.165, 1.54) is 18.4 Å². The Hall–Kier alpha value is -2.62. The molecule has 1 saturated heterocycles. The Bertz CT molecular complexity index is 774.